The molecule has 0 saturated heterocycles. The summed E-state index contributed by atoms with van der Waals surface area (Å²) in [7, 11) is -3.64. The fourth-order valence-corrected chi connectivity index (χ4v) is 4.35. The van der Waals surface area contributed by atoms with Gasteiger partial charge in [-0.15, -0.1) is 0 Å². The van der Waals surface area contributed by atoms with E-state index in [1.807, 2.05) is 0 Å². The number of nitrogens with two attached hydrogens (primary N) is 1. The molecule has 1 aliphatic rings. The molecule has 0 aliphatic heterocycles. The Bertz CT molecular complexity index is 524. The Kier molecular flexibility index (Phi) is 4.58. The van der Waals surface area contributed by atoms with Crippen LogP contribution >= 0.6 is 0 Å². The minimum absolute atomic E-state index is 0.168. The summed E-state index contributed by atoms with van der Waals surface area (Å²) in [6.07, 6.45) is 5.38. The summed E-state index contributed by atoms with van der Waals surface area (Å²) in [4.78, 5) is -0.235. The van der Waals surface area contributed by atoms with Gasteiger partial charge in [-0.1, -0.05) is 31.4 Å². The van der Waals surface area contributed by atoms with Crippen molar-refractivity contribution in [2.45, 2.75) is 43.0 Å². The van der Waals surface area contributed by atoms with Gasteiger partial charge < -0.3 is 5.73 Å². The Morgan fingerprint density at radius 2 is 1.84 bits per heavy atom. The summed E-state index contributed by atoms with van der Waals surface area (Å²) in [6, 6.07) is 5.08. The van der Waals surface area contributed by atoms with Crippen molar-refractivity contribution in [3.63, 3.8) is 0 Å². The molecule has 0 heterocycles. The van der Waals surface area contributed by atoms with E-state index in [2.05, 4.69) is 0 Å². The van der Waals surface area contributed by atoms with E-state index in [0.29, 0.717) is 0 Å². The van der Waals surface area contributed by atoms with E-state index in [1.54, 1.807) is 0 Å². The third-order valence-electron chi connectivity index (χ3n) is 3.84. The first-order valence-corrected chi connectivity index (χ1v) is 8.39. The average molecular weight is 285 g/mol. The van der Waals surface area contributed by atoms with Gasteiger partial charge in [0.1, 0.15) is 10.7 Å². The van der Waals surface area contributed by atoms with Crippen LogP contribution in [0.3, 0.4) is 0 Å². The molecule has 3 nitrogen and oxygen atoms in total. The van der Waals surface area contributed by atoms with Gasteiger partial charge >= 0.3 is 0 Å². The summed E-state index contributed by atoms with van der Waals surface area (Å²) in [5.74, 6) is -0.618. The molecule has 1 aromatic rings. The van der Waals surface area contributed by atoms with Crippen molar-refractivity contribution in [2.24, 2.45) is 11.7 Å². The smallest absolute Gasteiger partial charge is 0.182 e. The highest BCUT2D eigenvalue weighted by molar-refractivity contribution is 7.91. The van der Waals surface area contributed by atoms with E-state index in [1.165, 1.54) is 30.7 Å². The highest BCUT2D eigenvalue weighted by atomic mass is 32.2. The summed E-state index contributed by atoms with van der Waals surface area (Å²) >= 11 is 0. The third kappa shape index (κ3) is 3.54. The fraction of sp³-hybridized carbons (Fsp3) is 0.571. The van der Waals surface area contributed by atoms with Gasteiger partial charge in [0.05, 0.1) is 5.75 Å². The van der Waals surface area contributed by atoms with Crippen LogP contribution in [0.25, 0.3) is 0 Å². The first-order chi connectivity index (χ1) is 9.00. The lowest BCUT2D eigenvalue weighted by atomic mass is 9.85. The minimum atomic E-state index is -3.64. The lowest BCUT2D eigenvalue weighted by molar-refractivity contribution is 0.317. The lowest BCUT2D eigenvalue weighted by Gasteiger charge is -2.27. The predicted octanol–water partition coefficient (Wildman–Crippen LogP) is 2.51. The Labute approximate surface area is 113 Å². The van der Waals surface area contributed by atoms with Crippen LogP contribution < -0.4 is 5.73 Å². The number of hydrogen-bond donors (Lipinski definition) is 1. The van der Waals surface area contributed by atoms with E-state index in [9.17, 15) is 12.8 Å². The average Bonchev–Trinajstić information content (AvgIpc) is 2.39. The van der Waals surface area contributed by atoms with Gasteiger partial charge in [0.15, 0.2) is 9.84 Å². The lowest BCUT2D eigenvalue weighted by Crippen LogP contribution is -2.38. The molecule has 1 fully saturated rings. The fourth-order valence-electron chi connectivity index (χ4n) is 2.74. The maximum atomic E-state index is 13.6. The molecule has 0 radical (unpaired) electrons. The minimum Gasteiger partial charge on any atom is -0.327 e. The number of benzene rings is 1. The van der Waals surface area contributed by atoms with E-state index in [4.69, 9.17) is 5.73 Å². The van der Waals surface area contributed by atoms with Gasteiger partial charge in [0.25, 0.3) is 0 Å². The van der Waals surface area contributed by atoms with Gasteiger partial charge in [-0.2, -0.15) is 0 Å². The van der Waals surface area contributed by atoms with Gasteiger partial charge in [0.2, 0.25) is 0 Å². The molecule has 0 bridgehead atoms. The van der Waals surface area contributed by atoms with Crippen LogP contribution in [0.15, 0.2) is 29.2 Å². The standard InChI is InChI=1S/C14H20FNO2S/c15-12-8-4-5-9-14(12)19(17,18)10-13(16)11-6-2-1-3-7-11/h4-5,8-9,11,13H,1-3,6-7,10,16H2. The number of halogens is 1. The Morgan fingerprint density at radius 3 is 2.47 bits per heavy atom. The molecule has 19 heavy (non-hydrogen) atoms. The molecule has 1 aromatic carbocycles. The van der Waals surface area contributed by atoms with E-state index in [0.717, 1.165) is 25.7 Å². The SMILES string of the molecule is NC(CS(=O)(=O)c1ccccc1F)C1CCCCC1. The third-order valence-corrected chi connectivity index (χ3v) is 5.66. The van der Waals surface area contributed by atoms with Crippen molar-refractivity contribution in [1.82, 2.24) is 0 Å². The first-order valence-electron chi connectivity index (χ1n) is 6.73. The zero-order chi connectivity index (χ0) is 13.9. The summed E-state index contributed by atoms with van der Waals surface area (Å²) < 4.78 is 37.9. The van der Waals surface area contributed by atoms with Gasteiger partial charge in [0, 0.05) is 6.04 Å². The second kappa shape index (κ2) is 6.01. The van der Waals surface area contributed by atoms with Crippen LogP contribution in [-0.4, -0.2) is 20.2 Å². The first kappa shape index (κ1) is 14.5. The summed E-state index contributed by atoms with van der Waals surface area (Å²) in [5, 5.41) is 0. The van der Waals surface area contributed by atoms with Gasteiger partial charge in [-0.05, 0) is 30.9 Å². The van der Waals surface area contributed by atoms with Crippen molar-refractivity contribution in [1.29, 1.82) is 0 Å². The van der Waals surface area contributed by atoms with E-state index >= 15 is 0 Å². The van der Waals surface area contributed by atoms with Crippen molar-refractivity contribution >= 4 is 9.84 Å². The molecule has 5 heteroatoms. The zero-order valence-electron chi connectivity index (χ0n) is 10.9. The maximum absolute atomic E-state index is 13.6. The van der Waals surface area contributed by atoms with Crippen LogP contribution in [0.4, 0.5) is 4.39 Å². The van der Waals surface area contributed by atoms with Crippen molar-refractivity contribution in [3.8, 4) is 0 Å². The molecule has 1 unspecified atom stereocenters. The van der Waals surface area contributed by atoms with Gasteiger partial charge in [-0.3, -0.25) is 0 Å². The number of rotatable bonds is 4. The Morgan fingerprint density at radius 1 is 1.21 bits per heavy atom. The van der Waals surface area contributed by atoms with Crippen LogP contribution in [0.5, 0.6) is 0 Å². The largest absolute Gasteiger partial charge is 0.327 e. The molecule has 0 aromatic heterocycles. The molecule has 0 amide bonds. The molecule has 2 N–H and O–H groups in total. The normalized spacial score (nSPS) is 19.3. The van der Waals surface area contributed by atoms with Crippen LogP contribution in [-0.2, 0) is 9.84 Å². The number of hydrogen-bond acceptors (Lipinski definition) is 3. The predicted molar refractivity (Wildman–Crippen MR) is 73.0 cm³/mol. The van der Waals surface area contributed by atoms with Crippen LogP contribution in [0.1, 0.15) is 32.1 Å². The number of sulfone groups is 1. The zero-order valence-corrected chi connectivity index (χ0v) is 11.7. The highest BCUT2D eigenvalue weighted by Gasteiger charge is 2.27. The summed E-state index contributed by atoms with van der Waals surface area (Å²) in [5.41, 5.74) is 6.02. The molecule has 106 valence electrons. The molecule has 1 saturated carbocycles. The monoisotopic (exact) mass is 285 g/mol. The van der Waals surface area contributed by atoms with E-state index < -0.39 is 21.7 Å². The molecular weight excluding hydrogens is 265 g/mol. The van der Waals surface area contributed by atoms with Crippen molar-refractivity contribution in [2.75, 3.05) is 5.75 Å². The Hall–Kier alpha value is -0.940. The van der Waals surface area contributed by atoms with Crippen molar-refractivity contribution < 1.29 is 12.8 Å². The van der Waals surface area contributed by atoms with Crippen molar-refractivity contribution in [3.05, 3.63) is 30.1 Å². The second-order valence-corrected chi connectivity index (χ2v) is 7.28. The highest BCUT2D eigenvalue weighted by Crippen LogP contribution is 2.27. The topological polar surface area (TPSA) is 60.2 Å². The Balaban J connectivity index is 2.11. The summed E-state index contributed by atoms with van der Waals surface area (Å²) in [6.45, 7) is 0. The second-order valence-electron chi connectivity index (χ2n) is 5.27. The van der Waals surface area contributed by atoms with Crippen LogP contribution in [0.2, 0.25) is 0 Å². The van der Waals surface area contributed by atoms with E-state index in [-0.39, 0.29) is 16.6 Å². The van der Waals surface area contributed by atoms with Gasteiger partial charge in [-0.25, -0.2) is 12.8 Å². The quantitative estimate of drug-likeness (QED) is 0.924. The molecule has 1 aliphatic carbocycles. The molecular formula is C14H20FNO2S. The molecule has 2 rings (SSSR count). The van der Waals surface area contributed by atoms with Crippen LogP contribution in [0, 0.1) is 11.7 Å². The molecule has 0 spiro atoms. The molecule has 1 atom stereocenters. The maximum Gasteiger partial charge on any atom is 0.182 e.